The minimum Gasteiger partial charge on any atom is -0.438 e. The molecule has 0 bridgehead atoms. The predicted octanol–water partition coefficient (Wildman–Crippen LogP) is 1.42. The van der Waals surface area contributed by atoms with Crippen LogP contribution in [0, 0.1) is 6.92 Å². The first-order chi connectivity index (χ1) is 9.07. The number of hydrogen-bond acceptors (Lipinski definition) is 6. The van der Waals surface area contributed by atoms with Gasteiger partial charge in [-0.2, -0.15) is 4.31 Å². The molecule has 0 amide bonds. The van der Waals surface area contributed by atoms with Gasteiger partial charge in [0.1, 0.15) is 0 Å². The Morgan fingerprint density at radius 3 is 2.53 bits per heavy atom. The first kappa shape index (κ1) is 12.4. The van der Waals surface area contributed by atoms with Crippen LogP contribution in [0.25, 0.3) is 11.7 Å². The summed E-state index contributed by atoms with van der Waals surface area (Å²) < 4.78 is 36.5. The molecule has 3 heterocycles. The molecule has 0 N–H and O–H groups in total. The minimum absolute atomic E-state index is 0.0831. The highest BCUT2D eigenvalue weighted by Crippen LogP contribution is 2.27. The van der Waals surface area contributed by atoms with Crippen molar-refractivity contribution in [1.29, 1.82) is 0 Å². The van der Waals surface area contributed by atoms with Crippen molar-refractivity contribution in [3.05, 3.63) is 18.0 Å². The molecule has 0 aromatic carbocycles. The Hall–Kier alpha value is -1.67. The molecule has 2 aromatic rings. The summed E-state index contributed by atoms with van der Waals surface area (Å²) in [5.74, 6) is 0.842. The Bertz CT molecular complexity index is 682. The van der Waals surface area contributed by atoms with E-state index >= 15 is 0 Å². The number of rotatable bonds is 3. The van der Waals surface area contributed by atoms with Gasteiger partial charge in [0, 0.05) is 20.0 Å². The van der Waals surface area contributed by atoms with Gasteiger partial charge in [-0.1, -0.05) is 0 Å². The lowest BCUT2D eigenvalue weighted by Gasteiger charge is -2.12. The second-order valence-corrected chi connectivity index (χ2v) is 6.23. The molecule has 8 heteroatoms. The van der Waals surface area contributed by atoms with Crippen LogP contribution in [0.3, 0.4) is 0 Å². The molecule has 0 unspecified atom stereocenters. The second-order valence-electron chi connectivity index (χ2n) is 4.36. The van der Waals surface area contributed by atoms with Crippen LogP contribution in [0.5, 0.6) is 0 Å². The van der Waals surface area contributed by atoms with Crippen molar-refractivity contribution in [2.75, 3.05) is 13.1 Å². The normalized spacial score (nSPS) is 17.1. The number of sulfonamides is 1. The quantitative estimate of drug-likeness (QED) is 0.846. The predicted molar refractivity (Wildman–Crippen MR) is 64.7 cm³/mol. The summed E-state index contributed by atoms with van der Waals surface area (Å²) in [4.78, 5) is 0. The average molecular weight is 283 g/mol. The van der Waals surface area contributed by atoms with Crippen molar-refractivity contribution >= 4 is 10.0 Å². The van der Waals surface area contributed by atoms with Crippen LogP contribution in [-0.4, -0.2) is 36.0 Å². The van der Waals surface area contributed by atoms with E-state index in [1.807, 2.05) is 0 Å². The maximum Gasteiger partial charge on any atom is 0.283 e. The molecule has 2 aromatic heterocycles. The van der Waals surface area contributed by atoms with Gasteiger partial charge in [0.25, 0.3) is 15.9 Å². The first-order valence-electron chi connectivity index (χ1n) is 5.98. The highest BCUT2D eigenvalue weighted by molar-refractivity contribution is 7.89. The Balaban J connectivity index is 1.93. The monoisotopic (exact) mass is 283 g/mol. The zero-order valence-corrected chi connectivity index (χ0v) is 11.2. The van der Waals surface area contributed by atoms with Crippen molar-refractivity contribution in [3.63, 3.8) is 0 Å². The standard InChI is InChI=1S/C11H13N3O4S/c1-8-12-13-11(17-8)9-4-5-10(18-9)19(15,16)14-6-2-3-7-14/h4-5H,2-3,6-7H2,1H3. The molecule has 1 aliphatic heterocycles. The zero-order chi connectivity index (χ0) is 13.5. The van der Waals surface area contributed by atoms with Crippen LogP contribution in [0.2, 0.25) is 0 Å². The average Bonchev–Trinajstić information content (AvgIpc) is 3.10. The number of hydrogen-bond donors (Lipinski definition) is 0. The SMILES string of the molecule is Cc1nnc(-c2ccc(S(=O)(=O)N3CCCC3)o2)o1. The maximum absolute atomic E-state index is 12.2. The van der Waals surface area contributed by atoms with Crippen LogP contribution in [0.4, 0.5) is 0 Å². The van der Waals surface area contributed by atoms with Gasteiger partial charge in [-0.15, -0.1) is 10.2 Å². The van der Waals surface area contributed by atoms with Crippen molar-refractivity contribution < 1.29 is 17.3 Å². The molecule has 0 saturated carbocycles. The largest absolute Gasteiger partial charge is 0.438 e. The number of aromatic nitrogens is 2. The van der Waals surface area contributed by atoms with Crippen molar-refractivity contribution in [2.24, 2.45) is 0 Å². The highest BCUT2D eigenvalue weighted by Gasteiger charge is 2.30. The molecule has 19 heavy (non-hydrogen) atoms. The van der Waals surface area contributed by atoms with E-state index in [-0.39, 0.29) is 16.7 Å². The smallest absolute Gasteiger partial charge is 0.283 e. The third kappa shape index (κ3) is 2.17. The van der Waals surface area contributed by atoms with Crippen LogP contribution in [0.1, 0.15) is 18.7 Å². The van der Waals surface area contributed by atoms with E-state index in [1.165, 1.54) is 16.4 Å². The van der Waals surface area contributed by atoms with Crippen molar-refractivity contribution in [3.8, 4) is 11.7 Å². The lowest BCUT2D eigenvalue weighted by atomic mass is 10.4. The van der Waals surface area contributed by atoms with E-state index < -0.39 is 10.0 Å². The lowest BCUT2D eigenvalue weighted by Crippen LogP contribution is -2.27. The van der Waals surface area contributed by atoms with Gasteiger partial charge in [-0.25, -0.2) is 8.42 Å². The lowest BCUT2D eigenvalue weighted by molar-refractivity contribution is 0.408. The molecule has 1 aliphatic rings. The Morgan fingerprint density at radius 1 is 1.16 bits per heavy atom. The molecule has 0 radical (unpaired) electrons. The van der Waals surface area contributed by atoms with Crippen molar-refractivity contribution in [1.82, 2.24) is 14.5 Å². The highest BCUT2D eigenvalue weighted by atomic mass is 32.2. The van der Waals surface area contributed by atoms with E-state index in [2.05, 4.69) is 10.2 Å². The van der Waals surface area contributed by atoms with E-state index in [0.717, 1.165) is 12.8 Å². The summed E-state index contributed by atoms with van der Waals surface area (Å²) in [6.07, 6.45) is 1.77. The van der Waals surface area contributed by atoms with E-state index in [9.17, 15) is 8.42 Å². The first-order valence-corrected chi connectivity index (χ1v) is 7.42. The molecule has 1 saturated heterocycles. The van der Waals surface area contributed by atoms with Gasteiger partial charge >= 0.3 is 0 Å². The number of aryl methyl sites for hydroxylation is 1. The van der Waals surface area contributed by atoms with Gasteiger partial charge in [-0.3, -0.25) is 0 Å². The molecule has 102 valence electrons. The summed E-state index contributed by atoms with van der Waals surface area (Å²) in [5.41, 5.74) is 0. The van der Waals surface area contributed by atoms with Gasteiger partial charge in [-0.05, 0) is 25.0 Å². The molecule has 0 atom stereocenters. The van der Waals surface area contributed by atoms with E-state index in [0.29, 0.717) is 19.0 Å². The summed E-state index contributed by atoms with van der Waals surface area (Å²) >= 11 is 0. The second kappa shape index (κ2) is 4.46. The molecule has 3 rings (SSSR count). The maximum atomic E-state index is 12.2. The van der Waals surface area contributed by atoms with Gasteiger partial charge in [0.2, 0.25) is 11.0 Å². The zero-order valence-electron chi connectivity index (χ0n) is 10.4. The molecule has 0 aliphatic carbocycles. The minimum atomic E-state index is -3.54. The summed E-state index contributed by atoms with van der Waals surface area (Å²) in [6.45, 7) is 2.73. The van der Waals surface area contributed by atoms with Gasteiger partial charge < -0.3 is 8.83 Å². The Morgan fingerprint density at radius 2 is 1.89 bits per heavy atom. The van der Waals surface area contributed by atoms with Crippen LogP contribution in [-0.2, 0) is 10.0 Å². The van der Waals surface area contributed by atoms with Crippen LogP contribution >= 0.6 is 0 Å². The third-order valence-corrected chi connectivity index (χ3v) is 4.75. The summed E-state index contributed by atoms with van der Waals surface area (Å²) in [7, 11) is -3.54. The molecular weight excluding hydrogens is 270 g/mol. The number of furan rings is 1. The summed E-state index contributed by atoms with van der Waals surface area (Å²) in [6, 6.07) is 2.94. The van der Waals surface area contributed by atoms with Crippen LogP contribution < -0.4 is 0 Å². The third-order valence-electron chi connectivity index (χ3n) is 2.98. The van der Waals surface area contributed by atoms with Gasteiger partial charge in [0.15, 0.2) is 5.76 Å². The fourth-order valence-electron chi connectivity index (χ4n) is 2.03. The fourth-order valence-corrected chi connectivity index (χ4v) is 3.45. The Kier molecular flexibility index (Phi) is 2.90. The number of nitrogens with zero attached hydrogens (tertiary/aromatic N) is 3. The van der Waals surface area contributed by atoms with E-state index in [4.69, 9.17) is 8.83 Å². The van der Waals surface area contributed by atoms with Crippen molar-refractivity contribution in [2.45, 2.75) is 24.9 Å². The van der Waals surface area contributed by atoms with E-state index in [1.54, 1.807) is 6.92 Å². The summed E-state index contributed by atoms with van der Waals surface area (Å²) in [5, 5.41) is 7.38. The molecule has 1 fully saturated rings. The molecule has 0 spiro atoms. The Labute approximate surface area is 110 Å². The fraction of sp³-hybridized carbons (Fsp3) is 0.455. The topological polar surface area (TPSA) is 89.4 Å². The van der Waals surface area contributed by atoms with Crippen LogP contribution in [0.15, 0.2) is 26.1 Å². The van der Waals surface area contributed by atoms with Gasteiger partial charge in [0.05, 0.1) is 0 Å². The molecular formula is C11H13N3O4S. The molecule has 7 nitrogen and oxygen atoms in total.